The third-order valence-electron chi connectivity index (χ3n) is 2.61. The molecule has 0 N–H and O–H groups in total. The highest BCUT2D eigenvalue weighted by Crippen LogP contribution is 2.17. The number of nitrogens with zero attached hydrogens (tertiary/aromatic N) is 2. The first kappa shape index (κ1) is 13.4. The first-order valence-corrected chi connectivity index (χ1v) is 6.10. The fraction of sp³-hybridized carbons (Fsp3) is 0.143. The molecule has 0 unspecified atom stereocenters. The Morgan fingerprint density at radius 2 is 1.89 bits per heavy atom. The fourth-order valence-electron chi connectivity index (χ4n) is 1.76. The van der Waals surface area contributed by atoms with E-state index in [-0.39, 0.29) is 0 Å². The van der Waals surface area contributed by atoms with Gasteiger partial charge in [-0.15, -0.1) is 0 Å². The predicted octanol–water partition coefficient (Wildman–Crippen LogP) is 2.23. The van der Waals surface area contributed by atoms with Crippen molar-refractivity contribution in [3.05, 3.63) is 74.5 Å². The molecule has 0 saturated heterocycles. The zero-order valence-electron chi connectivity index (χ0n) is 10.5. The van der Waals surface area contributed by atoms with E-state index in [2.05, 4.69) is 6.58 Å². The second-order valence-electron chi connectivity index (χ2n) is 4.31. The molecule has 1 aromatic heterocycles. The molecule has 2 rings (SSSR count). The molecule has 19 heavy (non-hydrogen) atoms. The van der Waals surface area contributed by atoms with Gasteiger partial charge in [-0.1, -0.05) is 35.9 Å². The number of rotatable bonds is 3. The zero-order chi connectivity index (χ0) is 14.0. The number of aromatic nitrogens is 2. The van der Waals surface area contributed by atoms with Crippen LogP contribution in [0.5, 0.6) is 0 Å². The predicted molar refractivity (Wildman–Crippen MR) is 76.1 cm³/mol. The van der Waals surface area contributed by atoms with Gasteiger partial charge in [0.05, 0.1) is 10.7 Å². The molecule has 0 atom stereocenters. The molecule has 0 spiro atoms. The molecule has 0 amide bonds. The van der Waals surface area contributed by atoms with Crippen LogP contribution < -0.4 is 11.1 Å². The highest BCUT2D eigenvalue weighted by Gasteiger charge is 2.08. The summed E-state index contributed by atoms with van der Waals surface area (Å²) in [6.45, 7) is 5.85. The molecule has 0 radical (unpaired) electrons. The lowest BCUT2D eigenvalue weighted by Crippen LogP contribution is -2.40. The van der Waals surface area contributed by atoms with Gasteiger partial charge in [0, 0.05) is 18.9 Å². The van der Waals surface area contributed by atoms with Crippen molar-refractivity contribution in [3.8, 4) is 5.69 Å². The Morgan fingerprint density at radius 3 is 2.53 bits per heavy atom. The number of allylic oxidation sites excluding steroid dienone is 1. The van der Waals surface area contributed by atoms with E-state index >= 15 is 0 Å². The Kier molecular flexibility index (Phi) is 3.71. The lowest BCUT2D eigenvalue weighted by Gasteiger charge is -2.09. The average Bonchev–Trinajstić information content (AvgIpc) is 2.36. The molecule has 0 fully saturated rings. The Hall–Kier alpha value is -2.07. The van der Waals surface area contributed by atoms with Crippen LogP contribution in [0.2, 0.25) is 5.02 Å². The maximum Gasteiger partial charge on any atom is 0.321 e. The zero-order valence-corrected chi connectivity index (χ0v) is 11.2. The summed E-state index contributed by atoms with van der Waals surface area (Å²) >= 11 is 6.02. The Labute approximate surface area is 115 Å². The van der Waals surface area contributed by atoms with Crippen LogP contribution in [-0.2, 0) is 6.54 Å². The second kappa shape index (κ2) is 5.28. The van der Waals surface area contributed by atoms with E-state index in [1.165, 1.54) is 15.3 Å². The molecule has 0 saturated carbocycles. The Bertz CT molecular complexity index is 744. The summed E-state index contributed by atoms with van der Waals surface area (Å²) < 4.78 is 2.58. The largest absolute Gasteiger partial charge is 0.321 e. The van der Waals surface area contributed by atoms with Crippen LogP contribution in [0.25, 0.3) is 5.69 Å². The fourth-order valence-corrected chi connectivity index (χ4v) is 1.99. The molecule has 1 heterocycles. The molecular weight excluding hydrogens is 264 g/mol. The van der Waals surface area contributed by atoms with E-state index < -0.39 is 11.1 Å². The molecule has 2 aromatic rings. The van der Waals surface area contributed by atoms with Gasteiger partial charge in [0.15, 0.2) is 0 Å². The van der Waals surface area contributed by atoms with Crippen LogP contribution in [0.3, 0.4) is 0 Å². The smallest absolute Gasteiger partial charge is 0.305 e. The van der Waals surface area contributed by atoms with Crippen LogP contribution in [-0.4, -0.2) is 9.13 Å². The first-order chi connectivity index (χ1) is 9.00. The first-order valence-electron chi connectivity index (χ1n) is 5.72. The van der Waals surface area contributed by atoms with Crippen molar-refractivity contribution in [3.63, 3.8) is 0 Å². The summed E-state index contributed by atoms with van der Waals surface area (Å²) in [6, 6.07) is 6.88. The summed E-state index contributed by atoms with van der Waals surface area (Å²) in [4.78, 5) is 24.0. The number of benzene rings is 1. The molecule has 4 nitrogen and oxygen atoms in total. The molecule has 0 aliphatic carbocycles. The topological polar surface area (TPSA) is 44.0 Å². The number of hydrogen-bond acceptors (Lipinski definition) is 2. The molecule has 98 valence electrons. The average molecular weight is 277 g/mol. The number of hydrogen-bond donors (Lipinski definition) is 0. The van der Waals surface area contributed by atoms with E-state index in [9.17, 15) is 9.59 Å². The number of para-hydroxylation sites is 1. The van der Waals surface area contributed by atoms with Gasteiger partial charge < -0.3 is 4.57 Å². The van der Waals surface area contributed by atoms with Gasteiger partial charge in [0.1, 0.15) is 0 Å². The highest BCUT2D eigenvalue weighted by molar-refractivity contribution is 6.32. The van der Waals surface area contributed by atoms with Crippen molar-refractivity contribution in [2.24, 2.45) is 0 Å². The van der Waals surface area contributed by atoms with Gasteiger partial charge in [0.25, 0.3) is 0 Å². The SMILES string of the molecule is C=C(C)Cn1ccn(-c2ccccc2Cl)c(=O)c1=O. The van der Waals surface area contributed by atoms with Crippen LogP contribution >= 0.6 is 11.6 Å². The third kappa shape index (κ3) is 2.69. The molecule has 5 heteroatoms. The van der Waals surface area contributed by atoms with Crippen molar-refractivity contribution in [1.82, 2.24) is 9.13 Å². The monoisotopic (exact) mass is 276 g/mol. The van der Waals surface area contributed by atoms with Crippen molar-refractivity contribution < 1.29 is 0 Å². The van der Waals surface area contributed by atoms with Crippen LogP contribution in [0.1, 0.15) is 6.92 Å². The third-order valence-corrected chi connectivity index (χ3v) is 2.93. The minimum absolute atomic E-state index is 0.331. The summed E-state index contributed by atoms with van der Waals surface area (Å²) in [7, 11) is 0. The molecule has 0 aliphatic rings. The summed E-state index contributed by atoms with van der Waals surface area (Å²) in [5.41, 5.74) is 0.0769. The van der Waals surface area contributed by atoms with Crippen LogP contribution in [0.15, 0.2) is 58.4 Å². The van der Waals surface area contributed by atoms with Crippen molar-refractivity contribution in [2.45, 2.75) is 13.5 Å². The summed E-state index contributed by atoms with van der Waals surface area (Å²) in [5, 5.41) is 0.418. The Morgan fingerprint density at radius 1 is 1.21 bits per heavy atom. The van der Waals surface area contributed by atoms with Crippen LogP contribution in [0.4, 0.5) is 0 Å². The van der Waals surface area contributed by atoms with Gasteiger partial charge in [-0.3, -0.25) is 14.2 Å². The van der Waals surface area contributed by atoms with E-state index in [0.717, 1.165) is 5.57 Å². The van der Waals surface area contributed by atoms with Gasteiger partial charge >= 0.3 is 11.1 Å². The van der Waals surface area contributed by atoms with Crippen molar-refractivity contribution >= 4 is 11.6 Å². The van der Waals surface area contributed by atoms with Crippen molar-refractivity contribution in [2.75, 3.05) is 0 Å². The summed E-state index contributed by atoms with van der Waals surface area (Å²) in [6.07, 6.45) is 3.09. The maximum absolute atomic E-state index is 12.1. The standard InChI is InChI=1S/C14H13ClN2O2/c1-10(2)9-16-7-8-17(14(19)13(16)18)12-6-4-3-5-11(12)15/h3-8H,1,9H2,2H3. The minimum Gasteiger partial charge on any atom is -0.305 e. The van der Waals surface area contributed by atoms with Gasteiger partial charge in [0.2, 0.25) is 0 Å². The molecule has 1 aromatic carbocycles. The lowest BCUT2D eigenvalue weighted by atomic mass is 10.3. The van der Waals surface area contributed by atoms with E-state index in [1.807, 2.05) is 0 Å². The van der Waals surface area contributed by atoms with Crippen LogP contribution in [0, 0.1) is 0 Å². The van der Waals surface area contributed by atoms with E-state index in [4.69, 9.17) is 11.6 Å². The quantitative estimate of drug-likeness (QED) is 0.637. The van der Waals surface area contributed by atoms with Crippen molar-refractivity contribution in [1.29, 1.82) is 0 Å². The molecular formula is C14H13ClN2O2. The van der Waals surface area contributed by atoms with Gasteiger partial charge in [-0.2, -0.15) is 0 Å². The van der Waals surface area contributed by atoms with E-state index in [0.29, 0.717) is 17.3 Å². The van der Waals surface area contributed by atoms with E-state index in [1.54, 1.807) is 37.4 Å². The van der Waals surface area contributed by atoms with Gasteiger partial charge in [-0.05, 0) is 19.1 Å². The highest BCUT2D eigenvalue weighted by atomic mass is 35.5. The summed E-state index contributed by atoms with van der Waals surface area (Å²) in [5.74, 6) is 0. The molecule has 0 bridgehead atoms. The lowest BCUT2D eigenvalue weighted by molar-refractivity contribution is 0.710. The normalized spacial score (nSPS) is 10.4. The van der Waals surface area contributed by atoms with Gasteiger partial charge in [-0.25, -0.2) is 0 Å². The second-order valence-corrected chi connectivity index (χ2v) is 4.72. The Balaban J connectivity index is 2.60. The number of halogens is 1. The minimum atomic E-state index is -0.628. The maximum atomic E-state index is 12.1. The molecule has 0 aliphatic heterocycles.